The topological polar surface area (TPSA) is 33.6 Å². The van der Waals surface area contributed by atoms with Crippen LogP contribution >= 0.6 is 0 Å². The normalized spacial score (nSPS) is 26.9. The van der Waals surface area contributed by atoms with Gasteiger partial charge in [-0.2, -0.15) is 13.2 Å². The van der Waals surface area contributed by atoms with Crippen molar-refractivity contribution in [1.29, 1.82) is 0 Å². The zero-order valence-electron chi connectivity index (χ0n) is 8.89. The van der Waals surface area contributed by atoms with Crippen molar-refractivity contribution in [3.63, 3.8) is 0 Å². The minimum atomic E-state index is -4.35. The Kier molecular flexibility index (Phi) is 3.37. The monoisotopic (exact) mass is 236 g/mol. The lowest BCUT2D eigenvalue weighted by molar-refractivity contribution is -0.0604. The minimum Gasteiger partial charge on any atom is -0.391 e. The van der Waals surface area contributed by atoms with Crippen molar-refractivity contribution in [3.8, 4) is 0 Å². The quantitative estimate of drug-likeness (QED) is 0.815. The molecule has 6 heteroatoms. The van der Waals surface area contributed by atoms with E-state index in [9.17, 15) is 13.2 Å². The van der Waals surface area contributed by atoms with E-state index in [1.807, 2.05) is 0 Å². The van der Waals surface area contributed by atoms with E-state index in [1.165, 1.54) is 12.8 Å². The molecule has 0 saturated heterocycles. The molecule has 3 nitrogen and oxygen atoms in total. The Balaban J connectivity index is 1.70. The second-order valence-corrected chi connectivity index (χ2v) is 4.36. The molecule has 1 atom stereocenters. The predicted molar refractivity (Wildman–Crippen MR) is 53.2 cm³/mol. The highest BCUT2D eigenvalue weighted by molar-refractivity contribution is 5.90. The van der Waals surface area contributed by atoms with E-state index < -0.39 is 18.0 Å². The van der Waals surface area contributed by atoms with E-state index in [0.29, 0.717) is 12.6 Å². The van der Waals surface area contributed by atoms with Crippen molar-refractivity contribution in [2.24, 2.45) is 5.16 Å². The lowest BCUT2D eigenvalue weighted by Crippen LogP contribution is -2.34. The summed E-state index contributed by atoms with van der Waals surface area (Å²) in [6.07, 6.45) is -0.316. The van der Waals surface area contributed by atoms with Gasteiger partial charge in [0.05, 0.1) is 0 Å². The molecule has 0 amide bonds. The molecule has 0 spiro atoms. The first-order valence-corrected chi connectivity index (χ1v) is 5.59. The number of nitrogens with zero attached hydrogens (tertiary/aromatic N) is 1. The van der Waals surface area contributed by atoms with Gasteiger partial charge in [0, 0.05) is 19.0 Å². The maximum Gasteiger partial charge on any atom is 0.432 e. The molecule has 2 aliphatic rings. The van der Waals surface area contributed by atoms with Gasteiger partial charge < -0.3 is 10.2 Å². The molecule has 0 aromatic heterocycles. The average molecular weight is 236 g/mol. The molecule has 1 aliphatic heterocycles. The number of nitrogens with one attached hydrogen (secondary N) is 1. The van der Waals surface area contributed by atoms with Gasteiger partial charge in [0.2, 0.25) is 0 Å². The Morgan fingerprint density at radius 1 is 1.31 bits per heavy atom. The fourth-order valence-electron chi connectivity index (χ4n) is 2.13. The molecular formula is C10H15F3N2O. The van der Waals surface area contributed by atoms with Crippen LogP contribution in [0.25, 0.3) is 0 Å². The molecule has 0 aromatic rings. The van der Waals surface area contributed by atoms with Crippen LogP contribution in [-0.2, 0) is 4.84 Å². The molecule has 1 aliphatic carbocycles. The summed E-state index contributed by atoms with van der Waals surface area (Å²) in [5.41, 5.74) is -0.800. The van der Waals surface area contributed by atoms with E-state index >= 15 is 0 Å². The summed E-state index contributed by atoms with van der Waals surface area (Å²) in [4.78, 5) is 4.76. The van der Waals surface area contributed by atoms with Crippen LogP contribution in [0.1, 0.15) is 32.1 Å². The third kappa shape index (κ3) is 2.87. The molecule has 2 rings (SSSR count). The number of oxime groups is 1. The fraction of sp³-hybridized carbons (Fsp3) is 0.900. The van der Waals surface area contributed by atoms with Crippen molar-refractivity contribution in [1.82, 2.24) is 5.32 Å². The van der Waals surface area contributed by atoms with Crippen molar-refractivity contribution in [3.05, 3.63) is 0 Å². The second-order valence-electron chi connectivity index (χ2n) is 4.36. The number of halogens is 3. The molecule has 1 heterocycles. The van der Waals surface area contributed by atoms with E-state index in [4.69, 9.17) is 4.84 Å². The van der Waals surface area contributed by atoms with Gasteiger partial charge >= 0.3 is 6.18 Å². The highest BCUT2D eigenvalue weighted by Crippen LogP contribution is 2.25. The molecule has 0 radical (unpaired) electrons. The van der Waals surface area contributed by atoms with Gasteiger partial charge in [0.25, 0.3) is 0 Å². The van der Waals surface area contributed by atoms with Crippen molar-refractivity contribution >= 4 is 5.71 Å². The number of hydrogen-bond donors (Lipinski definition) is 1. The first-order chi connectivity index (χ1) is 7.55. The van der Waals surface area contributed by atoms with Crippen molar-refractivity contribution in [2.45, 2.75) is 50.4 Å². The Morgan fingerprint density at radius 2 is 2.00 bits per heavy atom. The highest BCUT2D eigenvalue weighted by Gasteiger charge is 2.41. The molecule has 1 N–H and O–H groups in total. The summed E-state index contributed by atoms with van der Waals surface area (Å²) >= 11 is 0. The van der Waals surface area contributed by atoms with Crippen LogP contribution in [0.5, 0.6) is 0 Å². The molecular weight excluding hydrogens is 221 g/mol. The van der Waals surface area contributed by atoms with Gasteiger partial charge in [-0.1, -0.05) is 18.0 Å². The summed E-state index contributed by atoms with van der Waals surface area (Å²) in [5.74, 6) is 0. The zero-order valence-corrected chi connectivity index (χ0v) is 8.89. The molecule has 1 saturated carbocycles. The smallest absolute Gasteiger partial charge is 0.391 e. The van der Waals surface area contributed by atoms with Crippen LogP contribution in [0.15, 0.2) is 5.16 Å². The molecule has 16 heavy (non-hydrogen) atoms. The molecule has 0 aromatic carbocycles. The van der Waals surface area contributed by atoms with Gasteiger partial charge in [-0.25, -0.2) is 0 Å². The molecule has 92 valence electrons. The Morgan fingerprint density at radius 3 is 2.56 bits per heavy atom. The summed E-state index contributed by atoms with van der Waals surface area (Å²) in [7, 11) is 0. The van der Waals surface area contributed by atoms with Gasteiger partial charge in [0.1, 0.15) is 6.10 Å². The van der Waals surface area contributed by atoms with Crippen LogP contribution in [0.3, 0.4) is 0 Å². The number of rotatable bonds is 3. The Hall–Kier alpha value is -0.780. The summed E-state index contributed by atoms with van der Waals surface area (Å²) in [6, 6.07) is 0.443. The van der Waals surface area contributed by atoms with E-state index in [0.717, 1.165) is 12.8 Å². The minimum absolute atomic E-state index is 0.136. The third-order valence-electron chi connectivity index (χ3n) is 3.05. The van der Waals surface area contributed by atoms with Crippen LogP contribution in [0.2, 0.25) is 0 Å². The van der Waals surface area contributed by atoms with Gasteiger partial charge in [0.15, 0.2) is 5.71 Å². The SMILES string of the molecule is FC(F)(F)C1=NOC(CNC2CCCC2)C1. The average Bonchev–Trinajstić information content (AvgIpc) is 2.85. The second kappa shape index (κ2) is 4.61. The number of alkyl halides is 3. The van der Waals surface area contributed by atoms with E-state index in [1.54, 1.807) is 0 Å². The van der Waals surface area contributed by atoms with Crippen molar-refractivity contribution < 1.29 is 18.0 Å². The maximum atomic E-state index is 12.2. The summed E-state index contributed by atoms with van der Waals surface area (Å²) in [6.45, 7) is 0.452. The Bertz CT molecular complexity index is 272. The predicted octanol–water partition coefficient (Wildman–Crippen LogP) is 2.23. The van der Waals surface area contributed by atoms with Crippen LogP contribution in [0.4, 0.5) is 13.2 Å². The Labute approximate surface area is 92.0 Å². The highest BCUT2D eigenvalue weighted by atomic mass is 19.4. The van der Waals surface area contributed by atoms with Crippen LogP contribution in [0, 0.1) is 0 Å². The molecule has 0 bridgehead atoms. The van der Waals surface area contributed by atoms with Gasteiger partial charge in [-0.15, -0.1) is 0 Å². The van der Waals surface area contributed by atoms with E-state index in [-0.39, 0.29) is 6.42 Å². The van der Waals surface area contributed by atoms with Crippen molar-refractivity contribution in [2.75, 3.05) is 6.54 Å². The van der Waals surface area contributed by atoms with Crippen LogP contribution in [-0.4, -0.2) is 30.6 Å². The summed E-state index contributed by atoms with van der Waals surface area (Å²) < 4.78 is 36.7. The van der Waals surface area contributed by atoms with Gasteiger partial charge in [-0.3, -0.25) is 0 Å². The van der Waals surface area contributed by atoms with Gasteiger partial charge in [-0.05, 0) is 12.8 Å². The standard InChI is InChI=1S/C10H15F3N2O/c11-10(12,13)9-5-8(16-15-9)6-14-7-3-1-2-4-7/h7-8,14H,1-6H2. The first kappa shape index (κ1) is 11.7. The first-order valence-electron chi connectivity index (χ1n) is 5.59. The molecule has 1 fully saturated rings. The van der Waals surface area contributed by atoms with Crippen LogP contribution < -0.4 is 5.32 Å². The largest absolute Gasteiger partial charge is 0.432 e. The summed E-state index contributed by atoms with van der Waals surface area (Å²) in [5, 5.41) is 6.32. The maximum absolute atomic E-state index is 12.2. The molecule has 1 unspecified atom stereocenters. The lowest BCUT2D eigenvalue weighted by atomic mass is 10.1. The fourth-order valence-corrected chi connectivity index (χ4v) is 2.13. The number of hydrogen-bond acceptors (Lipinski definition) is 3. The third-order valence-corrected chi connectivity index (χ3v) is 3.05. The lowest BCUT2D eigenvalue weighted by Gasteiger charge is -2.14. The van der Waals surface area contributed by atoms with E-state index in [2.05, 4.69) is 10.5 Å². The zero-order chi connectivity index (χ0) is 11.6.